The third kappa shape index (κ3) is 3.89. The summed E-state index contributed by atoms with van der Waals surface area (Å²) in [5, 5.41) is 6.02. The normalized spacial score (nSPS) is 16.8. The van der Waals surface area contributed by atoms with Crippen molar-refractivity contribution in [1.29, 1.82) is 0 Å². The lowest BCUT2D eigenvalue weighted by molar-refractivity contribution is 0.0500. The number of nitrogens with zero attached hydrogens (tertiary/aromatic N) is 1. The van der Waals surface area contributed by atoms with Crippen LogP contribution in [0.4, 0.5) is 10.5 Å². The maximum absolute atomic E-state index is 12.4. The highest BCUT2D eigenvalue weighted by Gasteiger charge is 2.29. The molecule has 0 aromatic carbocycles. The van der Waals surface area contributed by atoms with Gasteiger partial charge in [-0.2, -0.15) is 0 Å². The fourth-order valence-corrected chi connectivity index (χ4v) is 3.52. The molecule has 3 heterocycles. The molecule has 0 saturated carbocycles. The number of aryl methyl sites for hydroxylation is 1. The molecule has 2 aromatic rings. The number of thiophene rings is 1. The molecule has 2 amide bonds. The molecule has 1 aliphatic heterocycles. The van der Waals surface area contributed by atoms with E-state index in [4.69, 9.17) is 4.74 Å². The van der Waals surface area contributed by atoms with E-state index in [1.165, 1.54) is 4.88 Å². The Kier molecular flexibility index (Phi) is 4.63. The molecule has 1 aliphatic rings. The molecule has 2 N–H and O–H groups in total. The van der Waals surface area contributed by atoms with Gasteiger partial charge in [-0.15, -0.1) is 11.3 Å². The lowest BCUT2D eigenvalue weighted by Crippen LogP contribution is -2.51. The van der Waals surface area contributed by atoms with Gasteiger partial charge in [-0.3, -0.25) is 4.98 Å². The Hall–Kier alpha value is -1.92. The molecule has 6 heteroatoms. The minimum Gasteiger partial charge on any atom is -0.381 e. The first-order chi connectivity index (χ1) is 11.1. The first kappa shape index (κ1) is 16.0. The summed E-state index contributed by atoms with van der Waals surface area (Å²) in [7, 11) is 0. The van der Waals surface area contributed by atoms with Crippen molar-refractivity contribution in [1.82, 2.24) is 10.3 Å². The largest absolute Gasteiger partial charge is 0.381 e. The third-order valence-corrected chi connectivity index (χ3v) is 5.05. The van der Waals surface area contributed by atoms with Crippen LogP contribution in [0, 0.1) is 6.92 Å². The summed E-state index contributed by atoms with van der Waals surface area (Å²) in [6.07, 6.45) is 3.39. The zero-order valence-corrected chi connectivity index (χ0v) is 14.2. The number of carbonyl (C=O) groups is 1. The highest BCUT2D eigenvalue weighted by molar-refractivity contribution is 7.15. The number of aromatic nitrogens is 1. The van der Waals surface area contributed by atoms with Crippen molar-refractivity contribution in [2.75, 3.05) is 18.5 Å². The number of anilines is 1. The predicted molar refractivity (Wildman–Crippen MR) is 92.9 cm³/mol. The van der Waals surface area contributed by atoms with Crippen LogP contribution in [0.2, 0.25) is 0 Å². The van der Waals surface area contributed by atoms with Gasteiger partial charge < -0.3 is 15.4 Å². The van der Waals surface area contributed by atoms with E-state index in [1.807, 2.05) is 18.2 Å². The van der Waals surface area contributed by atoms with Crippen LogP contribution in [0.25, 0.3) is 10.6 Å². The summed E-state index contributed by atoms with van der Waals surface area (Å²) in [6.45, 7) is 5.48. The van der Waals surface area contributed by atoms with Gasteiger partial charge in [-0.1, -0.05) is 0 Å². The molecule has 3 rings (SSSR count). The Morgan fingerprint density at radius 3 is 2.78 bits per heavy atom. The number of rotatable bonds is 3. The summed E-state index contributed by atoms with van der Waals surface area (Å²) in [6, 6.07) is 7.60. The van der Waals surface area contributed by atoms with Crippen LogP contribution in [0.3, 0.4) is 0 Å². The molecule has 0 aliphatic carbocycles. The van der Waals surface area contributed by atoms with Gasteiger partial charge >= 0.3 is 6.03 Å². The fourth-order valence-electron chi connectivity index (χ4n) is 2.64. The molecular weight excluding hydrogens is 310 g/mol. The predicted octanol–water partition coefficient (Wildman–Crippen LogP) is 3.81. The van der Waals surface area contributed by atoms with Gasteiger partial charge in [0, 0.05) is 29.8 Å². The summed E-state index contributed by atoms with van der Waals surface area (Å²) < 4.78 is 5.36. The molecule has 1 saturated heterocycles. The van der Waals surface area contributed by atoms with Crippen molar-refractivity contribution in [2.45, 2.75) is 32.2 Å². The molecule has 122 valence electrons. The van der Waals surface area contributed by atoms with E-state index in [-0.39, 0.29) is 11.6 Å². The second-order valence-corrected chi connectivity index (χ2v) is 7.35. The van der Waals surface area contributed by atoms with Gasteiger partial charge in [0.15, 0.2) is 0 Å². The van der Waals surface area contributed by atoms with Gasteiger partial charge in [0.1, 0.15) is 5.69 Å². The minimum atomic E-state index is -0.218. The Morgan fingerprint density at radius 2 is 2.09 bits per heavy atom. The number of urea groups is 1. The highest BCUT2D eigenvalue weighted by Crippen LogP contribution is 2.31. The SMILES string of the molecule is Cc1ccc(-c2ncccc2NC(=O)NC2(C)CCOCC2)s1. The minimum absolute atomic E-state index is 0.197. The van der Waals surface area contributed by atoms with Crippen molar-refractivity contribution >= 4 is 23.1 Å². The number of amides is 2. The van der Waals surface area contributed by atoms with Gasteiger partial charge in [0.05, 0.1) is 10.6 Å². The number of hydrogen-bond donors (Lipinski definition) is 2. The van der Waals surface area contributed by atoms with Crippen LogP contribution < -0.4 is 10.6 Å². The van der Waals surface area contributed by atoms with Crippen molar-refractivity contribution in [3.05, 3.63) is 35.3 Å². The van der Waals surface area contributed by atoms with Crippen molar-refractivity contribution in [3.8, 4) is 10.6 Å². The molecule has 23 heavy (non-hydrogen) atoms. The summed E-state index contributed by atoms with van der Waals surface area (Å²) in [5.41, 5.74) is 1.31. The molecule has 0 spiro atoms. The third-order valence-electron chi connectivity index (χ3n) is 4.04. The zero-order chi connectivity index (χ0) is 16.3. The first-order valence-corrected chi connectivity index (χ1v) is 8.56. The lowest BCUT2D eigenvalue weighted by Gasteiger charge is -2.34. The Labute approximate surface area is 140 Å². The second kappa shape index (κ2) is 6.68. The van der Waals surface area contributed by atoms with Crippen molar-refractivity contribution in [2.24, 2.45) is 0 Å². The second-order valence-electron chi connectivity index (χ2n) is 6.06. The topological polar surface area (TPSA) is 63.2 Å². The Bertz CT molecular complexity index is 693. The maximum atomic E-state index is 12.4. The van der Waals surface area contributed by atoms with E-state index in [0.717, 1.165) is 29.1 Å². The lowest BCUT2D eigenvalue weighted by atomic mass is 9.93. The number of carbonyl (C=O) groups excluding carboxylic acids is 1. The molecule has 2 aromatic heterocycles. The highest BCUT2D eigenvalue weighted by atomic mass is 32.1. The van der Waals surface area contributed by atoms with Crippen LogP contribution in [0.5, 0.6) is 0 Å². The van der Waals surface area contributed by atoms with Crippen LogP contribution >= 0.6 is 11.3 Å². The van der Waals surface area contributed by atoms with E-state index in [1.54, 1.807) is 17.5 Å². The van der Waals surface area contributed by atoms with E-state index < -0.39 is 0 Å². The standard InChI is InChI=1S/C17H21N3O2S/c1-12-5-6-14(23-12)15-13(4-3-9-18-15)19-16(21)20-17(2)7-10-22-11-8-17/h3-6,9H,7-8,10-11H2,1-2H3,(H2,19,20,21). The smallest absolute Gasteiger partial charge is 0.319 e. The Balaban J connectivity index is 1.74. The zero-order valence-electron chi connectivity index (χ0n) is 13.4. The number of hydrogen-bond acceptors (Lipinski definition) is 4. The molecule has 0 unspecified atom stereocenters. The molecule has 0 radical (unpaired) electrons. The monoisotopic (exact) mass is 331 g/mol. The van der Waals surface area contributed by atoms with Crippen LogP contribution in [0.1, 0.15) is 24.6 Å². The summed E-state index contributed by atoms with van der Waals surface area (Å²) in [4.78, 5) is 19.1. The number of pyridine rings is 1. The van der Waals surface area contributed by atoms with Crippen LogP contribution in [-0.2, 0) is 4.74 Å². The summed E-state index contributed by atoms with van der Waals surface area (Å²) in [5.74, 6) is 0. The van der Waals surface area contributed by atoms with Crippen LogP contribution in [-0.4, -0.2) is 29.8 Å². The molecular formula is C17H21N3O2S. The van der Waals surface area contributed by atoms with E-state index in [0.29, 0.717) is 13.2 Å². The van der Waals surface area contributed by atoms with Crippen molar-refractivity contribution < 1.29 is 9.53 Å². The first-order valence-electron chi connectivity index (χ1n) is 7.74. The number of nitrogens with one attached hydrogen (secondary N) is 2. The average molecular weight is 331 g/mol. The molecule has 0 atom stereocenters. The molecule has 5 nitrogen and oxygen atoms in total. The maximum Gasteiger partial charge on any atom is 0.319 e. The average Bonchev–Trinajstić information content (AvgIpc) is 2.94. The fraction of sp³-hybridized carbons (Fsp3) is 0.412. The van der Waals surface area contributed by atoms with Crippen molar-refractivity contribution in [3.63, 3.8) is 0 Å². The van der Waals surface area contributed by atoms with Gasteiger partial charge in [0.2, 0.25) is 0 Å². The van der Waals surface area contributed by atoms with Gasteiger partial charge in [0.25, 0.3) is 0 Å². The number of ether oxygens (including phenoxy) is 1. The van der Waals surface area contributed by atoms with E-state index >= 15 is 0 Å². The van der Waals surface area contributed by atoms with E-state index in [9.17, 15) is 4.79 Å². The van der Waals surface area contributed by atoms with E-state index in [2.05, 4.69) is 35.5 Å². The molecule has 1 fully saturated rings. The molecule has 0 bridgehead atoms. The van der Waals surface area contributed by atoms with Crippen LogP contribution in [0.15, 0.2) is 30.5 Å². The quantitative estimate of drug-likeness (QED) is 0.899. The summed E-state index contributed by atoms with van der Waals surface area (Å²) >= 11 is 1.67. The Morgan fingerprint density at radius 1 is 1.30 bits per heavy atom. The van der Waals surface area contributed by atoms with Gasteiger partial charge in [-0.25, -0.2) is 4.79 Å². The van der Waals surface area contributed by atoms with Gasteiger partial charge in [-0.05, 0) is 51.0 Å².